The zero-order valence-corrected chi connectivity index (χ0v) is 23.5. The highest BCUT2D eigenvalue weighted by molar-refractivity contribution is 8.01. The number of benzene rings is 1. The SMILES string of the molecule is CN(CC1CC1)C(=O)[C@@H](S[C@@H]1O[C@H](CO)[C@H](O)[C@H](n2cc(-c3cc(F)c(F)c(F)c3)nn2)[C@H]1O)[C@H](O)c1ccn(C)n1. The van der Waals surface area contributed by atoms with Crippen LogP contribution in [0.5, 0.6) is 0 Å². The van der Waals surface area contributed by atoms with Gasteiger partial charge < -0.3 is 30.1 Å². The second-order valence-electron chi connectivity index (χ2n) is 10.6. The number of amides is 1. The molecular weight excluding hydrogens is 581 g/mol. The Morgan fingerprint density at radius 1 is 1.21 bits per heavy atom. The molecule has 0 bridgehead atoms. The Bertz CT molecular complexity index is 1400. The number of aliphatic hydroxyl groups is 4. The molecular formula is C26H31F3N6O6S. The first-order chi connectivity index (χ1) is 20.0. The highest BCUT2D eigenvalue weighted by atomic mass is 32.2. The molecule has 1 saturated carbocycles. The number of aryl methyl sites for hydroxylation is 1. The molecule has 228 valence electrons. The lowest BCUT2D eigenvalue weighted by atomic mass is 9.97. The van der Waals surface area contributed by atoms with Gasteiger partial charge in [0.2, 0.25) is 5.91 Å². The predicted octanol–water partition coefficient (Wildman–Crippen LogP) is 0.780. The van der Waals surface area contributed by atoms with Crippen LogP contribution < -0.4 is 0 Å². The Morgan fingerprint density at radius 3 is 2.50 bits per heavy atom. The minimum atomic E-state index is -1.65. The molecule has 12 nitrogen and oxygen atoms in total. The number of nitrogens with zero attached hydrogens (tertiary/aromatic N) is 6. The van der Waals surface area contributed by atoms with E-state index in [0.717, 1.165) is 41.4 Å². The summed E-state index contributed by atoms with van der Waals surface area (Å²) in [7, 11) is 3.28. The Balaban J connectivity index is 1.43. The monoisotopic (exact) mass is 612 g/mol. The summed E-state index contributed by atoms with van der Waals surface area (Å²) in [5, 5.41) is 54.3. The summed E-state index contributed by atoms with van der Waals surface area (Å²) in [5.41, 5.74) is -1.25. The van der Waals surface area contributed by atoms with Crippen molar-refractivity contribution in [1.29, 1.82) is 0 Å². The molecule has 1 aromatic carbocycles. The van der Waals surface area contributed by atoms with Gasteiger partial charge in [-0.3, -0.25) is 9.48 Å². The summed E-state index contributed by atoms with van der Waals surface area (Å²) in [5.74, 6) is -4.57. The van der Waals surface area contributed by atoms with Crippen molar-refractivity contribution in [3.8, 4) is 11.3 Å². The fourth-order valence-electron chi connectivity index (χ4n) is 4.90. The second kappa shape index (κ2) is 12.3. The van der Waals surface area contributed by atoms with Crippen molar-refractivity contribution >= 4 is 17.7 Å². The van der Waals surface area contributed by atoms with Crippen LogP contribution in [0.2, 0.25) is 0 Å². The number of rotatable bonds is 10. The summed E-state index contributed by atoms with van der Waals surface area (Å²) in [6.07, 6.45) is -0.917. The number of hydrogen-bond acceptors (Lipinski definition) is 10. The number of carbonyl (C=O) groups is 1. The third-order valence-electron chi connectivity index (χ3n) is 7.40. The third kappa shape index (κ3) is 6.18. The van der Waals surface area contributed by atoms with Crippen LogP contribution in [-0.4, -0.2) is 105 Å². The second-order valence-corrected chi connectivity index (χ2v) is 11.9. The Kier molecular flexibility index (Phi) is 8.91. The van der Waals surface area contributed by atoms with E-state index in [1.165, 1.54) is 15.8 Å². The Labute approximate surface area is 242 Å². The maximum atomic E-state index is 13.8. The van der Waals surface area contributed by atoms with Gasteiger partial charge in [-0.1, -0.05) is 5.21 Å². The van der Waals surface area contributed by atoms with Gasteiger partial charge in [0.1, 0.15) is 46.8 Å². The number of aliphatic hydroxyl groups excluding tert-OH is 4. The van der Waals surface area contributed by atoms with E-state index in [0.29, 0.717) is 12.5 Å². The summed E-state index contributed by atoms with van der Waals surface area (Å²) in [6, 6.07) is 1.72. The molecule has 5 rings (SSSR count). The van der Waals surface area contributed by atoms with Crippen molar-refractivity contribution in [2.45, 2.75) is 54.0 Å². The van der Waals surface area contributed by atoms with E-state index < -0.39 is 71.1 Å². The van der Waals surface area contributed by atoms with Gasteiger partial charge in [-0.25, -0.2) is 17.9 Å². The molecule has 0 spiro atoms. The average Bonchev–Trinajstić information content (AvgIpc) is 3.45. The van der Waals surface area contributed by atoms with Crippen LogP contribution >= 0.6 is 11.8 Å². The van der Waals surface area contributed by atoms with Crippen LogP contribution in [0.25, 0.3) is 11.3 Å². The largest absolute Gasteiger partial charge is 0.394 e. The van der Waals surface area contributed by atoms with Crippen molar-refractivity contribution in [3.05, 3.63) is 53.7 Å². The van der Waals surface area contributed by atoms with Crippen molar-refractivity contribution < 1.29 is 43.1 Å². The number of hydrogen-bond donors (Lipinski definition) is 4. The van der Waals surface area contributed by atoms with Crippen molar-refractivity contribution in [2.24, 2.45) is 13.0 Å². The van der Waals surface area contributed by atoms with Gasteiger partial charge in [-0.05, 0) is 37.0 Å². The van der Waals surface area contributed by atoms with E-state index in [1.54, 1.807) is 26.4 Å². The van der Waals surface area contributed by atoms with Crippen LogP contribution in [0.1, 0.15) is 30.7 Å². The molecule has 1 aliphatic carbocycles. The van der Waals surface area contributed by atoms with Crippen LogP contribution in [0.4, 0.5) is 13.2 Å². The van der Waals surface area contributed by atoms with Crippen molar-refractivity contribution in [1.82, 2.24) is 29.7 Å². The number of ether oxygens (including phenoxy) is 1. The lowest BCUT2D eigenvalue weighted by Crippen LogP contribution is -2.56. The van der Waals surface area contributed by atoms with Gasteiger partial charge in [-0.15, -0.1) is 16.9 Å². The maximum absolute atomic E-state index is 13.8. The topological polar surface area (TPSA) is 159 Å². The summed E-state index contributed by atoms with van der Waals surface area (Å²) in [4.78, 5) is 15.1. The van der Waals surface area contributed by atoms with Gasteiger partial charge >= 0.3 is 0 Å². The van der Waals surface area contributed by atoms with E-state index in [2.05, 4.69) is 15.4 Å². The van der Waals surface area contributed by atoms with Gasteiger partial charge in [-0.2, -0.15) is 5.10 Å². The summed E-state index contributed by atoms with van der Waals surface area (Å²) in [6.45, 7) is -0.174. The minimum absolute atomic E-state index is 0.0798. The first-order valence-corrected chi connectivity index (χ1v) is 14.2. The molecule has 2 aliphatic rings. The number of aromatic nitrogens is 5. The van der Waals surface area contributed by atoms with Crippen LogP contribution in [-0.2, 0) is 16.6 Å². The summed E-state index contributed by atoms with van der Waals surface area (Å²) < 4.78 is 49.4. The van der Waals surface area contributed by atoms with E-state index >= 15 is 0 Å². The number of carbonyl (C=O) groups excluding carboxylic acids is 1. The molecule has 1 saturated heterocycles. The molecule has 3 aromatic rings. The predicted molar refractivity (Wildman–Crippen MR) is 142 cm³/mol. The quantitative estimate of drug-likeness (QED) is 0.241. The van der Waals surface area contributed by atoms with Crippen LogP contribution in [0.3, 0.4) is 0 Å². The maximum Gasteiger partial charge on any atom is 0.238 e. The minimum Gasteiger partial charge on any atom is -0.394 e. The van der Waals surface area contributed by atoms with E-state index in [9.17, 15) is 38.4 Å². The molecule has 1 amide bonds. The molecule has 42 heavy (non-hydrogen) atoms. The lowest BCUT2D eigenvalue weighted by molar-refractivity contribution is -0.178. The molecule has 7 atom stereocenters. The van der Waals surface area contributed by atoms with Crippen molar-refractivity contribution in [2.75, 3.05) is 20.2 Å². The zero-order chi connectivity index (χ0) is 30.3. The van der Waals surface area contributed by atoms with Gasteiger partial charge in [0, 0.05) is 32.4 Å². The smallest absolute Gasteiger partial charge is 0.238 e. The fourth-order valence-corrected chi connectivity index (χ4v) is 6.31. The molecule has 2 fully saturated rings. The molecule has 0 radical (unpaired) electrons. The highest BCUT2D eigenvalue weighted by Crippen LogP contribution is 2.40. The highest BCUT2D eigenvalue weighted by Gasteiger charge is 2.49. The van der Waals surface area contributed by atoms with E-state index in [4.69, 9.17) is 4.74 Å². The Hall–Kier alpha value is -3.02. The zero-order valence-electron chi connectivity index (χ0n) is 22.7. The van der Waals surface area contributed by atoms with Crippen LogP contribution in [0, 0.1) is 23.4 Å². The van der Waals surface area contributed by atoms with E-state index in [1.807, 2.05) is 0 Å². The summed E-state index contributed by atoms with van der Waals surface area (Å²) >= 11 is 0.811. The van der Waals surface area contributed by atoms with Gasteiger partial charge in [0.25, 0.3) is 0 Å². The van der Waals surface area contributed by atoms with Gasteiger partial charge in [0.05, 0.1) is 18.5 Å². The fraction of sp³-hybridized carbons (Fsp3) is 0.538. The van der Waals surface area contributed by atoms with E-state index in [-0.39, 0.29) is 17.0 Å². The molecule has 3 heterocycles. The number of halogens is 3. The third-order valence-corrected chi connectivity index (χ3v) is 8.81. The molecule has 16 heteroatoms. The van der Waals surface area contributed by atoms with Gasteiger partial charge in [0.15, 0.2) is 17.5 Å². The standard InChI is InChI=1S/C26H31F3N6O6S/c1-33(9-12-3-4-12)25(40)24(21(37)16-5-6-34(2)31-16)42-26-23(39)20(22(38)18(11-36)41-26)35-10-17(30-32-35)13-7-14(27)19(29)15(28)8-13/h5-8,10,12,18,20-24,26,36-39H,3-4,9,11H2,1-2H3/t18-,20+,21-,22+,23-,24+,26+/m1/s1. The molecule has 1 aliphatic heterocycles. The molecule has 2 aromatic heterocycles. The molecule has 0 unspecified atom stereocenters. The lowest BCUT2D eigenvalue weighted by Gasteiger charge is -2.43. The Morgan fingerprint density at radius 2 is 1.90 bits per heavy atom. The molecule has 4 N–H and O–H groups in total. The van der Waals surface area contributed by atoms with Crippen LogP contribution in [0.15, 0.2) is 30.6 Å². The van der Waals surface area contributed by atoms with Crippen molar-refractivity contribution in [3.63, 3.8) is 0 Å². The first kappa shape index (κ1) is 30.4. The average molecular weight is 613 g/mol. The number of thioether (sulfide) groups is 1. The first-order valence-electron chi connectivity index (χ1n) is 13.3. The normalized spacial score (nSPS) is 25.8.